The van der Waals surface area contributed by atoms with E-state index in [4.69, 9.17) is 20.6 Å². The smallest absolute Gasteiger partial charge is 0.275 e. The van der Waals surface area contributed by atoms with Crippen molar-refractivity contribution in [1.82, 2.24) is 5.43 Å². The Bertz CT molecular complexity index is 859. The first-order chi connectivity index (χ1) is 12.6. The van der Waals surface area contributed by atoms with E-state index >= 15 is 0 Å². The van der Waals surface area contributed by atoms with Gasteiger partial charge in [-0.2, -0.15) is 5.10 Å². The van der Waals surface area contributed by atoms with Gasteiger partial charge in [0.15, 0.2) is 0 Å². The fourth-order valence-electron chi connectivity index (χ4n) is 2.08. The van der Waals surface area contributed by atoms with Crippen molar-refractivity contribution in [3.63, 3.8) is 0 Å². The Balaban J connectivity index is 2.15. The molecule has 6 nitrogen and oxygen atoms in total. The van der Waals surface area contributed by atoms with Crippen LogP contribution in [0.4, 0.5) is 0 Å². The molecule has 0 fully saturated rings. The molecular formula is C19H17BrN2O4. The van der Waals surface area contributed by atoms with Gasteiger partial charge in [-0.15, -0.1) is 6.42 Å². The molecule has 0 bridgehead atoms. The summed E-state index contributed by atoms with van der Waals surface area (Å²) in [4.78, 5) is 12.3. The molecule has 2 rings (SSSR count). The highest BCUT2D eigenvalue weighted by Gasteiger charge is 2.12. The second-order valence-corrected chi connectivity index (χ2v) is 5.86. The Morgan fingerprint density at radius 3 is 2.73 bits per heavy atom. The molecular weight excluding hydrogens is 400 g/mol. The normalized spacial score (nSPS) is 10.2. The summed E-state index contributed by atoms with van der Waals surface area (Å²) >= 11 is 3.38. The van der Waals surface area contributed by atoms with E-state index in [1.165, 1.54) is 20.4 Å². The molecule has 0 aliphatic heterocycles. The van der Waals surface area contributed by atoms with Crippen LogP contribution in [0.1, 0.15) is 15.9 Å². The number of amides is 1. The molecule has 0 radical (unpaired) electrons. The van der Waals surface area contributed by atoms with E-state index in [0.29, 0.717) is 28.4 Å². The lowest BCUT2D eigenvalue weighted by Gasteiger charge is -2.09. The van der Waals surface area contributed by atoms with Crippen LogP contribution in [0.3, 0.4) is 0 Å². The number of rotatable bonds is 7. The van der Waals surface area contributed by atoms with Gasteiger partial charge in [0.2, 0.25) is 0 Å². The van der Waals surface area contributed by atoms with E-state index in [0.717, 1.165) is 4.47 Å². The maximum absolute atomic E-state index is 12.3. The van der Waals surface area contributed by atoms with E-state index in [-0.39, 0.29) is 6.61 Å². The van der Waals surface area contributed by atoms with Gasteiger partial charge >= 0.3 is 0 Å². The molecule has 0 atom stereocenters. The van der Waals surface area contributed by atoms with Crippen molar-refractivity contribution in [2.75, 3.05) is 20.8 Å². The highest BCUT2D eigenvalue weighted by atomic mass is 79.9. The third-order valence-corrected chi connectivity index (χ3v) is 3.80. The van der Waals surface area contributed by atoms with Crippen LogP contribution in [0.15, 0.2) is 46.0 Å². The van der Waals surface area contributed by atoms with Gasteiger partial charge in [0.05, 0.1) is 26.0 Å². The molecule has 7 heteroatoms. The quantitative estimate of drug-likeness (QED) is 0.427. The Hall–Kier alpha value is -2.98. The number of hydrazone groups is 1. The SMILES string of the molecule is C#CCOc1ccc(Br)cc1/C=N\NC(=O)c1ccc(OC)cc1OC. The second kappa shape index (κ2) is 9.49. The maximum Gasteiger partial charge on any atom is 0.275 e. The number of nitrogens with one attached hydrogen (secondary N) is 1. The number of hydrogen-bond donors (Lipinski definition) is 1. The largest absolute Gasteiger partial charge is 0.497 e. The molecule has 0 heterocycles. The Labute approximate surface area is 160 Å². The molecule has 0 aliphatic carbocycles. The van der Waals surface area contributed by atoms with Crippen LogP contribution in [0.25, 0.3) is 0 Å². The zero-order valence-electron chi connectivity index (χ0n) is 14.3. The van der Waals surface area contributed by atoms with Gasteiger partial charge in [-0.05, 0) is 30.3 Å². The molecule has 134 valence electrons. The molecule has 0 aliphatic rings. The van der Waals surface area contributed by atoms with Crippen LogP contribution in [0.5, 0.6) is 17.2 Å². The molecule has 2 aromatic carbocycles. The van der Waals surface area contributed by atoms with E-state index in [1.54, 1.807) is 30.3 Å². The van der Waals surface area contributed by atoms with E-state index < -0.39 is 5.91 Å². The minimum absolute atomic E-state index is 0.137. The first-order valence-electron chi connectivity index (χ1n) is 7.50. The van der Waals surface area contributed by atoms with Gasteiger partial charge in [-0.25, -0.2) is 5.43 Å². The maximum atomic E-state index is 12.3. The summed E-state index contributed by atoms with van der Waals surface area (Å²) in [5, 5.41) is 3.98. The number of benzene rings is 2. The van der Waals surface area contributed by atoms with Crippen molar-refractivity contribution in [3.05, 3.63) is 52.0 Å². The zero-order valence-corrected chi connectivity index (χ0v) is 15.9. The number of nitrogens with zero attached hydrogens (tertiary/aromatic N) is 1. The number of methoxy groups -OCH3 is 2. The average molecular weight is 417 g/mol. The molecule has 1 N–H and O–H groups in total. The molecule has 2 aromatic rings. The molecule has 1 amide bonds. The fraction of sp³-hybridized carbons (Fsp3) is 0.158. The van der Waals surface area contributed by atoms with Crippen LogP contribution in [-0.4, -0.2) is 32.9 Å². The zero-order chi connectivity index (χ0) is 18.9. The van der Waals surface area contributed by atoms with Crippen LogP contribution in [-0.2, 0) is 0 Å². The lowest BCUT2D eigenvalue weighted by atomic mass is 10.2. The molecule has 0 aromatic heterocycles. The highest BCUT2D eigenvalue weighted by molar-refractivity contribution is 9.10. The van der Waals surface area contributed by atoms with Crippen molar-refractivity contribution in [2.24, 2.45) is 5.10 Å². The summed E-state index contributed by atoms with van der Waals surface area (Å²) < 4.78 is 16.6. The van der Waals surface area contributed by atoms with Crippen molar-refractivity contribution in [2.45, 2.75) is 0 Å². The van der Waals surface area contributed by atoms with Gasteiger partial charge in [0.1, 0.15) is 23.9 Å². The molecule has 0 saturated carbocycles. The third kappa shape index (κ3) is 5.01. The standard InChI is InChI=1S/C19H17BrN2O4/c1-4-9-26-17-8-5-14(20)10-13(17)12-21-22-19(23)16-7-6-15(24-2)11-18(16)25-3/h1,5-8,10-12H,9H2,2-3H3,(H,22,23)/b21-12-. The van der Waals surface area contributed by atoms with Gasteiger partial charge < -0.3 is 14.2 Å². The summed E-state index contributed by atoms with van der Waals surface area (Å²) in [5.41, 5.74) is 3.46. The number of ether oxygens (including phenoxy) is 3. The fourth-order valence-corrected chi connectivity index (χ4v) is 2.46. The van der Waals surface area contributed by atoms with E-state index in [9.17, 15) is 4.79 Å². The topological polar surface area (TPSA) is 69.2 Å². The first-order valence-corrected chi connectivity index (χ1v) is 8.29. The van der Waals surface area contributed by atoms with Crippen LogP contribution in [0.2, 0.25) is 0 Å². The molecule has 0 unspecified atom stereocenters. The predicted molar refractivity (Wildman–Crippen MR) is 103 cm³/mol. The van der Waals surface area contributed by atoms with E-state index in [2.05, 4.69) is 32.4 Å². The summed E-state index contributed by atoms with van der Waals surface area (Å²) in [6, 6.07) is 10.3. The number of hydrogen-bond acceptors (Lipinski definition) is 5. The number of carbonyl (C=O) groups is 1. The van der Waals surface area contributed by atoms with Crippen LogP contribution in [0, 0.1) is 12.3 Å². The van der Waals surface area contributed by atoms with Gasteiger partial charge in [0, 0.05) is 16.1 Å². The predicted octanol–water partition coefficient (Wildman–Crippen LogP) is 3.24. The van der Waals surface area contributed by atoms with Crippen molar-refractivity contribution >= 4 is 28.1 Å². The molecule has 0 spiro atoms. The summed E-state index contributed by atoms with van der Waals surface area (Å²) in [6.45, 7) is 0.137. The minimum atomic E-state index is -0.415. The Morgan fingerprint density at radius 2 is 2.04 bits per heavy atom. The van der Waals surface area contributed by atoms with Crippen LogP contribution >= 0.6 is 15.9 Å². The van der Waals surface area contributed by atoms with Crippen LogP contribution < -0.4 is 19.6 Å². The third-order valence-electron chi connectivity index (χ3n) is 3.31. The Morgan fingerprint density at radius 1 is 1.23 bits per heavy atom. The average Bonchev–Trinajstić information content (AvgIpc) is 2.66. The van der Waals surface area contributed by atoms with E-state index in [1.807, 2.05) is 6.07 Å². The van der Waals surface area contributed by atoms with Gasteiger partial charge in [-0.3, -0.25) is 4.79 Å². The number of halogens is 1. The minimum Gasteiger partial charge on any atom is -0.497 e. The first kappa shape index (κ1) is 19.3. The summed E-state index contributed by atoms with van der Waals surface area (Å²) in [7, 11) is 3.02. The van der Waals surface area contributed by atoms with Crippen molar-refractivity contribution < 1.29 is 19.0 Å². The molecule has 0 saturated heterocycles. The lowest BCUT2D eigenvalue weighted by Crippen LogP contribution is -2.18. The molecule has 26 heavy (non-hydrogen) atoms. The Kier molecular flexibility index (Phi) is 7.06. The van der Waals surface area contributed by atoms with Crippen molar-refractivity contribution in [1.29, 1.82) is 0 Å². The van der Waals surface area contributed by atoms with Gasteiger partial charge in [0.25, 0.3) is 5.91 Å². The second-order valence-electron chi connectivity index (χ2n) is 4.94. The number of carbonyl (C=O) groups excluding carboxylic acids is 1. The summed E-state index contributed by atoms with van der Waals surface area (Å²) in [5.74, 6) is 3.53. The highest BCUT2D eigenvalue weighted by Crippen LogP contribution is 2.24. The van der Waals surface area contributed by atoms with Gasteiger partial charge in [-0.1, -0.05) is 21.9 Å². The lowest BCUT2D eigenvalue weighted by molar-refractivity contribution is 0.0952. The van der Waals surface area contributed by atoms with Crippen molar-refractivity contribution in [3.8, 4) is 29.6 Å². The number of terminal acetylenes is 1. The summed E-state index contributed by atoms with van der Waals surface area (Å²) in [6.07, 6.45) is 6.69. The monoisotopic (exact) mass is 416 g/mol.